The van der Waals surface area contributed by atoms with E-state index in [0.717, 1.165) is 4.47 Å². The lowest BCUT2D eigenvalue weighted by Gasteiger charge is -2.01. The van der Waals surface area contributed by atoms with Crippen molar-refractivity contribution in [3.05, 3.63) is 32.2 Å². The van der Waals surface area contributed by atoms with Crippen molar-refractivity contribution in [3.63, 3.8) is 0 Å². The van der Waals surface area contributed by atoms with E-state index in [-0.39, 0.29) is 6.61 Å². The van der Waals surface area contributed by atoms with Gasteiger partial charge in [0.1, 0.15) is 6.61 Å². The molecule has 0 saturated carbocycles. The van der Waals surface area contributed by atoms with E-state index in [1.165, 1.54) is 0 Å². The number of hydrogen-bond donors (Lipinski definition) is 0. The molecule has 1 nitrogen and oxygen atoms in total. The molecule has 1 rings (SSSR count). The molecule has 11 heavy (non-hydrogen) atoms. The van der Waals surface area contributed by atoms with Crippen LogP contribution in [0.4, 0.5) is 0 Å². The van der Waals surface area contributed by atoms with Crippen LogP contribution in [0.3, 0.4) is 0 Å². The third kappa shape index (κ3) is 2.09. The van der Waals surface area contributed by atoms with Gasteiger partial charge in [0, 0.05) is 10.0 Å². The third-order valence-electron chi connectivity index (χ3n) is 1.22. The van der Waals surface area contributed by atoms with Crippen LogP contribution in [0.2, 0.25) is 10.0 Å². The Kier molecular flexibility index (Phi) is 3.19. The highest BCUT2D eigenvalue weighted by Gasteiger charge is 2.05. The summed E-state index contributed by atoms with van der Waals surface area (Å²) in [5.74, 6) is 0. The van der Waals surface area contributed by atoms with E-state index in [9.17, 15) is 5.11 Å². The van der Waals surface area contributed by atoms with Crippen molar-refractivity contribution in [2.45, 2.75) is 6.61 Å². The van der Waals surface area contributed by atoms with Gasteiger partial charge in [-0.25, -0.2) is 5.11 Å². The van der Waals surface area contributed by atoms with Crippen molar-refractivity contribution in [2.24, 2.45) is 0 Å². The predicted molar refractivity (Wildman–Crippen MR) is 48.6 cm³/mol. The van der Waals surface area contributed by atoms with Crippen molar-refractivity contribution in [1.29, 1.82) is 0 Å². The lowest BCUT2D eigenvalue weighted by atomic mass is 10.2. The van der Waals surface area contributed by atoms with Crippen LogP contribution in [0.25, 0.3) is 0 Å². The minimum atomic E-state index is -0.349. The molecular weight excluding hydrogens is 251 g/mol. The van der Waals surface area contributed by atoms with E-state index < -0.39 is 0 Å². The zero-order valence-electron chi connectivity index (χ0n) is 5.40. The summed E-state index contributed by atoms with van der Waals surface area (Å²) in [7, 11) is 0. The average Bonchev–Trinajstić information content (AvgIpc) is 1.96. The van der Waals surface area contributed by atoms with Gasteiger partial charge in [-0.15, -0.1) is 0 Å². The van der Waals surface area contributed by atoms with Crippen molar-refractivity contribution < 1.29 is 5.11 Å². The Morgan fingerprint density at radius 2 is 2.00 bits per heavy atom. The fourth-order valence-corrected chi connectivity index (χ4v) is 1.75. The zero-order valence-corrected chi connectivity index (χ0v) is 8.50. The van der Waals surface area contributed by atoms with Crippen molar-refractivity contribution >= 4 is 39.1 Å². The Morgan fingerprint density at radius 1 is 1.36 bits per heavy atom. The van der Waals surface area contributed by atoms with Gasteiger partial charge in [0.15, 0.2) is 0 Å². The molecule has 59 valence electrons. The maximum absolute atomic E-state index is 10.5. The molecular formula is C7H4BrCl2O. The highest BCUT2D eigenvalue weighted by Crippen LogP contribution is 2.29. The van der Waals surface area contributed by atoms with Gasteiger partial charge < -0.3 is 0 Å². The van der Waals surface area contributed by atoms with Gasteiger partial charge in [-0.3, -0.25) is 0 Å². The second kappa shape index (κ2) is 3.76. The SMILES string of the molecule is [O]Cc1cc(Br)cc(Cl)c1Cl. The van der Waals surface area contributed by atoms with Gasteiger partial charge in [0.25, 0.3) is 0 Å². The molecule has 1 radical (unpaired) electrons. The van der Waals surface area contributed by atoms with Crippen LogP contribution >= 0.6 is 39.1 Å². The molecule has 0 amide bonds. The molecule has 0 aliphatic carbocycles. The third-order valence-corrected chi connectivity index (χ3v) is 2.52. The zero-order chi connectivity index (χ0) is 8.43. The summed E-state index contributed by atoms with van der Waals surface area (Å²) in [6.07, 6.45) is 0. The Labute approximate surface area is 83.1 Å². The maximum Gasteiger partial charge on any atom is 0.109 e. The minimum Gasteiger partial charge on any atom is -0.232 e. The van der Waals surface area contributed by atoms with Gasteiger partial charge in [-0.05, 0) is 12.1 Å². The van der Waals surface area contributed by atoms with Gasteiger partial charge in [-0.2, -0.15) is 0 Å². The minimum absolute atomic E-state index is 0.349. The predicted octanol–water partition coefficient (Wildman–Crippen LogP) is 3.69. The van der Waals surface area contributed by atoms with Crippen LogP contribution < -0.4 is 0 Å². The topological polar surface area (TPSA) is 19.9 Å². The van der Waals surface area contributed by atoms with Crippen LogP contribution in [0.15, 0.2) is 16.6 Å². The monoisotopic (exact) mass is 253 g/mol. The highest BCUT2D eigenvalue weighted by molar-refractivity contribution is 9.10. The fourth-order valence-electron chi connectivity index (χ4n) is 0.714. The van der Waals surface area contributed by atoms with Crippen LogP contribution in [-0.4, -0.2) is 0 Å². The Hall–Kier alpha value is 0.240. The van der Waals surface area contributed by atoms with Crippen LogP contribution in [0, 0.1) is 0 Å². The molecule has 0 aliphatic heterocycles. The smallest absolute Gasteiger partial charge is 0.109 e. The van der Waals surface area contributed by atoms with Gasteiger partial charge in [0.2, 0.25) is 0 Å². The van der Waals surface area contributed by atoms with Crippen LogP contribution in [0.5, 0.6) is 0 Å². The second-order valence-corrected chi connectivity index (χ2v) is 3.71. The first-order valence-corrected chi connectivity index (χ1v) is 4.41. The van der Waals surface area contributed by atoms with Crippen molar-refractivity contribution in [3.8, 4) is 0 Å². The molecule has 0 aliphatic rings. The number of rotatable bonds is 1. The molecule has 0 spiro atoms. The molecule has 0 saturated heterocycles. The summed E-state index contributed by atoms with van der Waals surface area (Å²) in [6.45, 7) is -0.349. The number of hydrogen-bond acceptors (Lipinski definition) is 0. The molecule has 0 unspecified atom stereocenters. The Morgan fingerprint density at radius 3 is 2.55 bits per heavy atom. The number of halogens is 3. The molecule has 0 atom stereocenters. The summed E-state index contributed by atoms with van der Waals surface area (Å²) in [6, 6.07) is 3.32. The first kappa shape index (κ1) is 9.33. The standard InChI is InChI=1S/C7H4BrCl2O/c8-5-1-4(3-11)7(10)6(9)2-5/h1-2H,3H2. The molecule has 0 fully saturated rings. The van der Waals surface area contributed by atoms with Crippen molar-refractivity contribution in [2.75, 3.05) is 0 Å². The Balaban J connectivity index is 3.24. The summed E-state index contributed by atoms with van der Waals surface area (Å²) in [4.78, 5) is 0. The first-order chi connectivity index (χ1) is 5.15. The Bertz CT molecular complexity index is 275. The van der Waals surface area contributed by atoms with E-state index in [1.54, 1.807) is 12.1 Å². The molecule has 0 N–H and O–H groups in total. The average molecular weight is 255 g/mol. The molecule has 0 aromatic heterocycles. The van der Waals surface area contributed by atoms with Gasteiger partial charge >= 0.3 is 0 Å². The molecule has 1 aromatic rings. The fraction of sp³-hybridized carbons (Fsp3) is 0.143. The quantitative estimate of drug-likeness (QED) is 0.682. The van der Waals surface area contributed by atoms with Gasteiger partial charge in [0.05, 0.1) is 10.0 Å². The lowest BCUT2D eigenvalue weighted by molar-refractivity contribution is 0.177. The molecule has 4 heteroatoms. The molecule has 1 aromatic carbocycles. The summed E-state index contributed by atoms with van der Waals surface area (Å²) >= 11 is 14.6. The van der Waals surface area contributed by atoms with Crippen LogP contribution in [-0.2, 0) is 11.7 Å². The van der Waals surface area contributed by atoms with Crippen LogP contribution in [0.1, 0.15) is 5.56 Å². The van der Waals surface area contributed by atoms with E-state index in [2.05, 4.69) is 15.9 Å². The van der Waals surface area contributed by atoms with E-state index in [4.69, 9.17) is 23.2 Å². The van der Waals surface area contributed by atoms with E-state index in [0.29, 0.717) is 15.6 Å². The molecule has 0 heterocycles. The molecule has 0 bridgehead atoms. The van der Waals surface area contributed by atoms with Gasteiger partial charge in [-0.1, -0.05) is 39.1 Å². The summed E-state index contributed by atoms with van der Waals surface area (Å²) in [5, 5.41) is 11.3. The summed E-state index contributed by atoms with van der Waals surface area (Å²) in [5.41, 5.74) is 0.519. The maximum atomic E-state index is 10.5. The number of benzene rings is 1. The largest absolute Gasteiger partial charge is 0.232 e. The lowest BCUT2D eigenvalue weighted by Crippen LogP contribution is -1.84. The van der Waals surface area contributed by atoms with E-state index >= 15 is 0 Å². The highest BCUT2D eigenvalue weighted by atomic mass is 79.9. The normalized spacial score (nSPS) is 10.2. The van der Waals surface area contributed by atoms with Crippen molar-refractivity contribution in [1.82, 2.24) is 0 Å². The summed E-state index contributed by atoms with van der Waals surface area (Å²) < 4.78 is 0.776. The first-order valence-electron chi connectivity index (χ1n) is 2.86. The second-order valence-electron chi connectivity index (χ2n) is 2.01. The van der Waals surface area contributed by atoms with E-state index in [1.807, 2.05) is 0 Å².